The van der Waals surface area contributed by atoms with E-state index in [4.69, 9.17) is 0 Å². The van der Waals surface area contributed by atoms with E-state index in [1.54, 1.807) is 0 Å². The molecule has 1 fully saturated rings. The van der Waals surface area contributed by atoms with E-state index in [0.29, 0.717) is 5.41 Å². The maximum absolute atomic E-state index is 3.64. The van der Waals surface area contributed by atoms with Gasteiger partial charge in [0.2, 0.25) is 0 Å². The lowest BCUT2D eigenvalue weighted by Crippen LogP contribution is -2.46. The average molecular weight is 240 g/mol. The third-order valence-electron chi connectivity index (χ3n) is 3.30. The number of rotatable bonds is 7. The summed E-state index contributed by atoms with van der Waals surface area (Å²) in [6.07, 6.45) is 4.12. The van der Waals surface area contributed by atoms with Crippen LogP contribution < -0.4 is 5.32 Å². The van der Waals surface area contributed by atoms with Gasteiger partial charge >= 0.3 is 0 Å². The van der Waals surface area contributed by atoms with Crippen molar-refractivity contribution in [1.82, 2.24) is 10.2 Å². The molecule has 0 aromatic rings. The summed E-state index contributed by atoms with van der Waals surface area (Å²) >= 11 is 0. The van der Waals surface area contributed by atoms with Gasteiger partial charge in [0, 0.05) is 24.7 Å². The first-order chi connectivity index (χ1) is 7.73. The third-order valence-corrected chi connectivity index (χ3v) is 3.30. The molecule has 0 saturated heterocycles. The van der Waals surface area contributed by atoms with Crippen LogP contribution in [0.4, 0.5) is 0 Å². The number of hydrogen-bond donors (Lipinski definition) is 1. The Labute approximate surface area is 108 Å². The molecule has 0 aromatic carbocycles. The fraction of sp³-hybridized carbons (Fsp3) is 1.00. The molecule has 0 aliphatic heterocycles. The van der Waals surface area contributed by atoms with Gasteiger partial charge in [0.25, 0.3) is 0 Å². The van der Waals surface area contributed by atoms with E-state index in [1.807, 2.05) is 0 Å². The molecule has 0 amide bonds. The molecule has 0 radical (unpaired) electrons. The summed E-state index contributed by atoms with van der Waals surface area (Å²) in [5.41, 5.74) is 0.595. The summed E-state index contributed by atoms with van der Waals surface area (Å²) < 4.78 is 0. The quantitative estimate of drug-likeness (QED) is 0.735. The molecule has 2 heteroatoms. The first-order valence-corrected chi connectivity index (χ1v) is 7.22. The third kappa shape index (κ3) is 6.42. The molecule has 0 heterocycles. The molecular formula is C15H32N2. The Hall–Kier alpha value is -0.0800. The monoisotopic (exact) mass is 240 g/mol. The van der Waals surface area contributed by atoms with E-state index in [1.165, 1.54) is 32.4 Å². The van der Waals surface area contributed by atoms with Crippen molar-refractivity contribution in [2.75, 3.05) is 19.6 Å². The van der Waals surface area contributed by atoms with E-state index in [-0.39, 0.29) is 5.54 Å². The minimum Gasteiger partial charge on any atom is -0.311 e. The van der Waals surface area contributed by atoms with Gasteiger partial charge in [0.1, 0.15) is 0 Å². The van der Waals surface area contributed by atoms with Gasteiger partial charge in [-0.15, -0.1) is 0 Å². The molecule has 2 nitrogen and oxygen atoms in total. The summed E-state index contributed by atoms with van der Waals surface area (Å²) in [6, 6.07) is 0.892. The Morgan fingerprint density at radius 1 is 1.12 bits per heavy atom. The van der Waals surface area contributed by atoms with Crippen LogP contribution in [0.1, 0.15) is 60.8 Å². The largest absolute Gasteiger partial charge is 0.311 e. The standard InChI is InChI=1S/C15H32N2/c1-7-10-17(13-8-9-13)12-15(5,6)11-16-14(2,3)4/h13,16H,7-12H2,1-6H3. The highest BCUT2D eigenvalue weighted by atomic mass is 15.2. The molecule has 0 aromatic heterocycles. The minimum atomic E-state index is 0.229. The Bertz CT molecular complexity index is 224. The van der Waals surface area contributed by atoms with E-state index in [9.17, 15) is 0 Å². The van der Waals surface area contributed by atoms with Gasteiger partial charge in [-0.25, -0.2) is 0 Å². The van der Waals surface area contributed by atoms with Gasteiger partial charge in [0.05, 0.1) is 0 Å². The molecule has 1 rings (SSSR count). The summed E-state index contributed by atoms with van der Waals surface area (Å²) in [5, 5.41) is 3.64. The van der Waals surface area contributed by atoms with Crippen molar-refractivity contribution in [2.24, 2.45) is 5.41 Å². The molecule has 1 aliphatic rings. The van der Waals surface area contributed by atoms with E-state index < -0.39 is 0 Å². The zero-order valence-corrected chi connectivity index (χ0v) is 12.8. The van der Waals surface area contributed by atoms with Gasteiger partial charge in [-0.3, -0.25) is 4.90 Å². The van der Waals surface area contributed by atoms with Crippen LogP contribution in [0, 0.1) is 5.41 Å². The number of hydrogen-bond acceptors (Lipinski definition) is 2. The highest BCUT2D eigenvalue weighted by Gasteiger charge is 2.32. The van der Waals surface area contributed by atoms with E-state index in [0.717, 1.165) is 12.6 Å². The van der Waals surface area contributed by atoms with Crippen LogP contribution >= 0.6 is 0 Å². The van der Waals surface area contributed by atoms with Crippen LogP contribution in [0.2, 0.25) is 0 Å². The maximum atomic E-state index is 3.64. The summed E-state index contributed by atoms with van der Waals surface area (Å²) in [7, 11) is 0. The Balaban J connectivity index is 2.39. The zero-order valence-electron chi connectivity index (χ0n) is 12.8. The van der Waals surface area contributed by atoms with E-state index in [2.05, 4.69) is 51.8 Å². The molecule has 0 unspecified atom stereocenters. The van der Waals surface area contributed by atoms with Crippen LogP contribution in [-0.4, -0.2) is 36.1 Å². The Kier molecular flexibility index (Phi) is 5.03. The second kappa shape index (κ2) is 5.71. The molecule has 0 spiro atoms. The van der Waals surface area contributed by atoms with Crippen molar-refractivity contribution in [3.05, 3.63) is 0 Å². The van der Waals surface area contributed by atoms with Crippen molar-refractivity contribution in [3.8, 4) is 0 Å². The summed E-state index contributed by atoms with van der Waals surface area (Å²) in [4.78, 5) is 2.70. The molecule has 0 atom stereocenters. The van der Waals surface area contributed by atoms with Crippen LogP contribution in [-0.2, 0) is 0 Å². The Morgan fingerprint density at radius 2 is 1.71 bits per heavy atom. The smallest absolute Gasteiger partial charge is 0.00967 e. The topological polar surface area (TPSA) is 15.3 Å². The molecule has 1 saturated carbocycles. The first-order valence-electron chi connectivity index (χ1n) is 7.22. The Morgan fingerprint density at radius 3 is 2.12 bits per heavy atom. The first kappa shape index (κ1) is 15.0. The second-order valence-electron chi connectivity index (χ2n) is 7.47. The molecule has 1 N–H and O–H groups in total. The minimum absolute atomic E-state index is 0.229. The van der Waals surface area contributed by atoms with Crippen molar-refractivity contribution in [3.63, 3.8) is 0 Å². The predicted molar refractivity (Wildman–Crippen MR) is 76.4 cm³/mol. The van der Waals surface area contributed by atoms with Gasteiger partial charge in [-0.2, -0.15) is 0 Å². The molecule has 17 heavy (non-hydrogen) atoms. The summed E-state index contributed by atoms with van der Waals surface area (Å²) in [6.45, 7) is 17.4. The van der Waals surface area contributed by atoms with Crippen molar-refractivity contribution >= 4 is 0 Å². The highest BCUT2D eigenvalue weighted by molar-refractivity contribution is 4.88. The molecule has 102 valence electrons. The molecule has 1 aliphatic carbocycles. The second-order valence-corrected chi connectivity index (χ2v) is 7.47. The predicted octanol–water partition coefficient (Wildman–Crippen LogP) is 3.28. The van der Waals surface area contributed by atoms with Crippen LogP contribution in [0.25, 0.3) is 0 Å². The van der Waals surface area contributed by atoms with Crippen LogP contribution in [0.15, 0.2) is 0 Å². The molecule has 0 bridgehead atoms. The maximum Gasteiger partial charge on any atom is 0.00967 e. The number of nitrogens with one attached hydrogen (secondary N) is 1. The van der Waals surface area contributed by atoms with Crippen LogP contribution in [0.5, 0.6) is 0 Å². The molecular weight excluding hydrogens is 208 g/mol. The van der Waals surface area contributed by atoms with Gasteiger partial charge < -0.3 is 5.32 Å². The SMILES string of the molecule is CCCN(CC(C)(C)CNC(C)(C)C)C1CC1. The fourth-order valence-corrected chi connectivity index (χ4v) is 2.23. The fourth-order valence-electron chi connectivity index (χ4n) is 2.23. The summed E-state index contributed by atoms with van der Waals surface area (Å²) in [5.74, 6) is 0. The number of nitrogens with zero attached hydrogens (tertiary/aromatic N) is 1. The van der Waals surface area contributed by atoms with Crippen molar-refractivity contribution < 1.29 is 0 Å². The normalized spacial score (nSPS) is 17.8. The zero-order chi connectivity index (χ0) is 13.1. The van der Waals surface area contributed by atoms with Gasteiger partial charge in [-0.1, -0.05) is 20.8 Å². The van der Waals surface area contributed by atoms with Crippen molar-refractivity contribution in [2.45, 2.75) is 72.4 Å². The lowest BCUT2D eigenvalue weighted by molar-refractivity contribution is 0.158. The van der Waals surface area contributed by atoms with E-state index >= 15 is 0 Å². The van der Waals surface area contributed by atoms with Gasteiger partial charge in [-0.05, 0) is 52.0 Å². The highest BCUT2D eigenvalue weighted by Crippen LogP contribution is 2.30. The van der Waals surface area contributed by atoms with Gasteiger partial charge in [0.15, 0.2) is 0 Å². The average Bonchev–Trinajstić information content (AvgIpc) is 2.96. The van der Waals surface area contributed by atoms with Crippen molar-refractivity contribution in [1.29, 1.82) is 0 Å². The lowest BCUT2D eigenvalue weighted by atomic mass is 9.91. The van der Waals surface area contributed by atoms with Crippen LogP contribution in [0.3, 0.4) is 0 Å². The lowest BCUT2D eigenvalue weighted by Gasteiger charge is -2.35.